The summed E-state index contributed by atoms with van der Waals surface area (Å²) < 4.78 is 2.85. The molecule has 0 aliphatic rings. The molecule has 0 aliphatic carbocycles. The predicted octanol–water partition coefficient (Wildman–Crippen LogP) is 3.22. The van der Waals surface area contributed by atoms with Gasteiger partial charge in [-0.1, -0.05) is 12.1 Å². The number of anilines is 1. The Morgan fingerprint density at radius 2 is 2.27 bits per heavy atom. The monoisotopic (exact) mass is 380 g/mol. The topological polar surface area (TPSA) is 59.0 Å². The van der Waals surface area contributed by atoms with Crippen molar-refractivity contribution in [2.45, 2.75) is 19.9 Å². The molecular formula is C15H17BrN4OS. The molecule has 1 heterocycles. The highest BCUT2D eigenvalue weighted by Gasteiger charge is 2.02. The van der Waals surface area contributed by atoms with Gasteiger partial charge in [-0.15, -0.1) is 0 Å². The largest absolute Gasteiger partial charge is 0.362 e. The summed E-state index contributed by atoms with van der Waals surface area (Å²) in [7, 11) is 0. The highest BCUT2D eigenvalue weighted by molar-refractivity contribution is 9.10. The van der Waals surface area contributed by atoms with E-state index in [-0.39, 0.29) is 5.78 Å². The molecular weight excluding hydrogens is 364 g/mol. The molecule has 2 aromatic rings. The van der Waals surface area contributed by atoms with Crippen molar-refractivity contribution in [3.8, 4) is 0 Å². The van der Waals surface area contributed by atoms with Crippen molar-refractivity contribution in [3.05, 3.63) is 46.7 Å². The van der Waals surface area contributed by atoms with Gasteiger partial charge in [0.25, 0.3) is 0 Å². The van der Waals surface area contributed by atoms with Gasteiger partial charge in [0.2, 0.25) is 0 Å². The number of ketones is 1. The molecule has 0 bridgehead atoms. The summed E-state index contributed by atoms with van der Waals surface area (Å²) in [5.41, 5.74) is 1.47. The van der Waals surface area contributed by atoms with Crippen LogP contribution in [-0.2, 0) is 6.54 Å². The van der Waals surface area contributed by atoms with Crippen LogP contribution < -0.4 is 10.6 Å². The van der Waals surface area contributed by atoms with Gasteiger partial charge in [0.15, 0.2) is 10.9 Å². The lowest BCUT2D eigenvalue weighted by Gasteiger charge is -2.11. The highest BCUT2D eigenvalue weighted by Crippen LogP contribution is 2.11. The summed E-state index contributed by atoms with van der Waals surface area (Å²) >= 11 is 8.61. The zero-order chi connectivity index (χ0) is 15.9. The Balaban J connectivity index is 1.73. The number of nitrogens with one attached hydrogen (secondary N) is 2. The molecule has 2 N–H and O–H groups in total. The molecule has 5 nitrogen and oxygen atoms in total. The summed E-state index contributed by atoms with van der Waals surface area (Å²) in [5.74, 6) is 0.0351. The third-order valence-electron chi connectivity index (χ3n) is 2.98. The number of rotatable bonds is 6. The summed E-state index contributed by atoms with van der Waals surface area (Å²) in [6, 6.07) is 7.28. The number of aromatic nitrogens is 2. The molecule has 0 aliphatic heterocycles. The van der Waals surface area contributed by atoms with Gasteiger partial charge in [-0.05, 0) is 53.6 Å². The van der Waals surface area contributed by atoms with Crippen LogP contribution in [0.15, 0.2) is 41.1 Å². The first-order chi connectivity index (χ1) is 10.5. The lowest BCUT2D eigenvalue weighted by molar-refractivity contribution is 0.101. The van der Waals surface area contributed by atoms with Gasteiger partial charge < -0.3 is 10.6 Å². The number of carbonyl (C=O) groups excluding carboxylic acids is 1. The van der Waals surface area contributed by atoms with E-state index in [1.807, 2.05) is 23.0 Å². The standard InChI is InChI=1S/C15H17BrN4OS/c1-11(21)12-4-2-5-14(8-12)19-15(22)17-6-3-7-20-10-13(16)9-18-20/h2,4-5,8-10H,3,6-7H2,1H3,(H2,17,19,22). The van der Waals surface area contributed by atoms with E-state index < -0.39 is 0 Å². The molecule has 0 saturated carbocycles. The average molecular weight is 381 g/mol. The van der Waals surface area contributed by atoms with Crippen molar-refractivity contribution < 1.29 is 4.79 Å². The van der Waals surface area contributed by atoms with Crippen molar-refractivity contribution in [2.75, 3.05) is 11.9 Å². The van der Waals surface area contributed by atoms with Crippen molar-refractivity contribution >= 4 is 44.7 Å². The lowest BCUT2D eigenvalue weighted by Crippen LogP contribution is -2.29. The zero-order valence-electron chi connectivity index (χ0n) is 12.2. The number of benzene rings is 1. The van der Waals surface area contributed by atoms with E-state index in [9.17, 15) is 4.79 Å². The van der Waals surface area contributed by atoms with Gasteiger partial charge in [-0.25, -0.2) is 0 Å². The third kappa shape index (κ3) is 5.23. The summed E-state index contributed by atoms with van der Waals surface area (Å²) in [6.45, 7) is 3.11. The minimum Gasteiger partial charge on any atom is -0.362 e. The molecule has 22 heavy (non-hydrogen) atoms. The van der Waals surface area contributed by atoms with Crippen LogP contribution in [0, 0.1) is 0 Å². The second-order valence-electron chi connectivity index (χ2n) is 4.79. The van der Waals surface area contributed by atoms with E-state index in [1.54, 1.807) is 25.3 Å². The van der Waals surface area contributed by atoms with Gasteiger partial charge in [0.1, 0.15) is 0 Å². The second kappa shape index (κ2) is 8.05. The smallest absolute Gasteiger partial charge is 0.170 e. The average Bonchev–Trinajstić information content (AvgIpc) is 2.89. The number of carbonyl (C=O) groups is 1. The molecule has 116 valence electrons. The van der Waals surface area contributed by atoms with Gasteiger partial charge >= 0.3 is 0 Å². The van der Waals surface area contributed by atoms with Gasteiger partial charge in [0.05, 0.1) is 10.7 Å². The summed E-state index contributed by atoms with van der Waals surface area (Å²) in [6.07, 6.45) is 4.61. The molecule has 0 amide bonds. The first kappa shape index (κ1) is 16.6. The molecule has 0 atom stereocenters. The summed E-state index contributed by atoms with van der Waals surface area (Å²) in [4.78, 5) is 11.3. The van der Waals surface area contributed by atoms with E-state index in [0.29, 0.717) is 10.7 Å². The molecule has 0 spiro atoms. The number of thiocarbonyl (C=S) groups is 1. The Labute approximate surface area is 143 Å². The fourth-order valence-corrected chi connectivity index (χ4v) is 2.44. The SMILES string of the molecule is CC(=O)c1cccc(NC(=S)NCCCn2cc(Br)cn2)c1. The number of Topliss-reactive ketones (excluding diaryl/α,β-unsaturated/α-hetero) is 1. The molecule has 0 radical (unpaired) electrons. The van der Waals surface area contributed by atoms with Gasteiger partial charge in [0, 0.05) is 30.5 Å². The van der Waals surface area contributed by atoms with E-state index in [2.05, 4.69) is 31.7 Å². The maximum Gasteiger partial charge on any atom is 0.170 e. The third-order valence-corrected chi connectivity index (χ3v) is 3.63. The minimum absolute atomic E-state index is 0.0351. The maximum atomic E-state index is 11.3. The highest BCUT2D eigenvalue weighted by atomic mass is 79.9. The molecule has 0 saturated heterocycles. The number of nitrogens with zero attached hydrogens (tertiary/aromatic N) is 2. The van der Waals surface area contributed by atoms with Crippen molar-refractivity contribution in [1.82, 2.24) is 15.1 Å². The van der Waals surface area contributed by atoms with Crippen LogP contribution in [0.2, 0.25) is 0 Å². The van der Waals surface area contributed by atoms with E-state index in [0.717, 1.165) is 29.7 Å². The molecule has 1 aromatic heterocycles. The normalized spacial score (nSPS) is 10.3. The molecule has 0 fully saturated rings. The number of hydrogen-bond donors (Lipinski definition) is 2. The van der Waals surface area contributed by atoms with Crippen LogP contribution >= 0.6 is 28.1 Å². The number of hydrogen-bond acceptors (Lipinski definition) is 3. The predicted molar refractivity (Wildman–Crippen MR) is 95.2 cm³/mol. The first-order valence-electron chi connectivity index (χ1n) is 6.88. The van der Waals surface area contributed by atoms with Crippen LogP contribution in [-0.4, -0.2) is 27.2 Å². The van der Waals surface area contributed by atoms with Gasteiger partial charge in [-0.2, -0.15) is 5.10 Å². The Hall–Kier alpha value is -1.73. The van der Waals surface area contributed by atoms with Crippen LogP contribution in [0.4, 0.5) is 5.69 Å². The summed E-state index contributed by atoms with van der Waals surface area (Å²) in [5, 5.41) is 10.9. The van der Waals surface area contributed by atoms with E-state index in [1.165, 1.54) is 0 Å². The van der Waals surface area contributed by atoms with Crippen LogP contribution in [0.1, 0.15) is 23.7 Å². The lowest BCUT2D eigenvalue weighted by atomic mass is 10.1. The van der Waals surface area contributed by atoms with Crippen LogP contribution in [0.3, 0.4) is 0 Å². The van der Waals surface area contributed by atoms with Crippen molar-refractivity contribution in [1.29, 1.82) is 0 Å². The number of aryl methyl sites for hydroxylation is 1. The van der Waals surface area contributed by atoms with E-state index >= 15 is 0 Å². The Morgan fingerprint density at radius 1 is 1.45 bits per heavy atom. The fraction of sp³-hybridized carbons (Fsp3) is 0.267. The fourth-order valence-electron chi connectivity index (χ4n) is 1.89. The van der Waals surface area contributed by atoms with Crippen molar-refractivity contribution in [2.24, 2.45) is 0 Å². The Bertz CT molecular complexity index is 671. The number of halogens is 1. The molecule has 1 aromatic carbocycles. The van der Waals surface area contributed by atoms with Crippen molar-refractivity contribution in [3.63, 3.8) is 0 Å². The second-order valence-corrected chi connectivity index (χ2v) is 6.12. The van der Waals surface area contributed by atoms with Crippen LogP contribution in [0.25, 0.3) is 0 Å². The van der Waals surface area contributed by atoms with E-state index in [4.69, 9.17) is 12.2 Å². The first-order valence-corrected chi connectivity index (χ1v) is 8.08. The quantitative estimate of drug-likeness (QED) is 0.457. The van der Waals surface area contributed by atoms with Gasteiger partial charge in [-0.3, -0.25) is 9.48 Å². The maximum absolute atomic E-state index is 11.3. The molecule has 2 rings (SSSR count). The van der Waals surface area contributed by atoms with Crippen LogP contribution in [0.5, 0.6) is 0 Å². The zero-order valence-corrected chi connectivity index (χ0v) is 14.6. The molecule has 0 unspecified atom stereocenters. The Morgan fingerprint density at radius 3 is 2.95 bits per heavy atom. The Kier molecular flexibility index (Phi) is 6.09. The molecule has 7 heteroatoms. The minimum atomic E-state index is 0.0351.